The molecule has 2 aromatic rings. The fraction of sp³-hybridized carbons (Fsp3) is 0.542. The van der Waals surface area contributed by atoms with E-state index in [1.54, 1.807) is 18.3 Å². The predicted molar refractivity (Wildman–Crippen MR) is 135 cm³/mol. The molecule has 1 N–H and O–H groups in total. The largest absolute Gasteiger partial charge is 0.365 e. The van der Waals surface area contributed by atoms with Crippen LogP contribution in [0.1, 0.15) is 39.0 Å². The van der Waals surface area contributed by atoms with Crippen molar-refractivity contribution in [3.8, 4) is 0 Å². The monoisotopic (exact) mass is 510 g/mol. The van der Waals surface area contributed by atoms with Gasteiger partial charge in [-0.15, -0.1) is 0 Å². The van der Waals surface area contributed by atoms with E-state index in [1.807, 2.05) is 18.2 Å². The summed E-state index contributed by atoms with van der Waals surface area (Å²) in [4.78, 5) is 9.05. The molecule has 1 aromatic carbocycles. The number of hydrogen-bond acceptors (Lipinski definition) is 5. The van der Waals surface area contributed by atoms with Crippen LogP contribution in [0.2, 0.25) is 10.0 Å². The molecule has 1 atom stereocenters. The second-order valence-electron chi connectivity index (χ2n) is 9.23. The number of benzene rings is 1. The molecule has 0 unspecified atom stereocenters. The Balaban J connectivity index is 1.21. The molecule has 2 heterocycles. The van der Waals surface area contributed by atoms with Gasteiger partial charge in [-0.1, -0.05) is 29.3 Å². The minimum absolute atomic E-state index is 0.0115. The third-order valence-corrected chi connectivity index (χ3v) is 9.23. The van der Waals surface area contributed by atoms with Gasteiger partial charge in [0.1, 0.15) is 4.90 Å². The third-order valence-electron chi connectivity index (χ3n) is 6.92. The van der Waals surface area contributed by atoms with E-state index in [0.29, 0.717) is 22.0 Å². The van der Waals surface area contributed by atoms with E-state index in [9.17, 15) is 8.42 Å². The van der Waals surface area contributed by atoms with E-state index in [1.165, 1.54) is 6.20 Å². The van der Waals surface area contributed by atoms with E-state index < -0.39 is 10.0 Å². The lowest BCUT2D eigenvalue weighted by molar-refractivity contribution is 0.197. The van der Waals surface area contributed by atoms with Crippen LogP contribution in [-0.4, -0.2) is 56.6 Å². The number of halogens is 2. The molecular weight excluding hydrogens is 479 g/mol. The smallest absolute Gasteiger partial charge is 0.242 e. The van der Waals surface area contributed by atoms with E-state index in [2.05, 4.69) is 26.4 Å². The van der Waals surface area contributed by atoms with Crippen LogP contribution in [0.5, 0.6) is 0 Å². The summed E-state index contributed by atoms with van der Waals surface area (Å²) < 4.78 is 27.9. The Morgan fingerprint density at radius 2 is 1.88 bits per heavy atom. The maximum absolute atomic E-state index is 12.5. The van der Waals surface area contributed by atoms with Crippen LogP contribution in [0, 0.1) is 5.92 Å². The highest BCUT2D eigenvalue weighted by Crippen LogP contribution is 2.34. The van der Waals surface area contributed by atoms with Crippen molar-refractivity contribution in [2.24, 2.45) is 5.92 Å². The van der Waals surface area contributed by atoms with Crippen molar-refractivity contribution in [1.82, 2.24) is 14.6 Å². The van der Waals surface area contributed by atoms with Crippen molar-refractivity contribution in [1.29, 1.82) is 0 Å². The van der Waals surface area contributed by atoms with Crippen molar-refractivity contribution >= 4 is 38.9 Å². The maximum Gasteiger partial charge on any atom is 0.242 e. The lowest BCUT2D eigenvalue weighted by Crippen LogP contribution is -2.52. The number of aromatic nitrogens is 1. The molecule has 0 spiro atoms. The van der Waals surface area contributed by atoms with Gasteiger partial charge < -0.3 is 4.90 Å². The normalized spacial score (nSPS) is 24.7. The lowest BCUT2D eigenvalue weighted by Gasteiger charge is -2.42. The summed E-state index contributed by atoms with van der Waals surface area (Å²) in [6.45, 7) is 6.27. The predicted octanol–water partition coefficient (Wildman–Crippen LogP) is 4.83. The number of pyridine rings is 1. The van der Waals surface area contributed by atoms with Gasteiger partial charge in [0.15, 0.2) is 0 Å². The number of nitrogens with zero attached hydrogens (tertiary/aromatic N) is 3. The average Bonchev–Trinajstić information content (AvgIpc) is 2.81. The van der Waals surface area contributed by atoms with E-state index in [-0.39, 0.29) is 10.9 Å². The van der Waals surface area contributed by atoms with Crippen LogP contribution < -0.4 is 9.62 Å². The third kappa shape index (κ3) is 6.20. The van der Waals surface area contributed by atoms with Crippen molar-refractivity contribution < 1.29 is 8.42 Å². The van der Waals surface area contributed by atoms with Crippen LogP contribution in [0.3, 0.4) is 0 Å². The van der Waals surface area contributed by atoms with Gasteiger partial charge in [-0.05, 0) is 75.8 Å². The zero-order chi connectivity index (χ0) is 23.4. The SMILES string of the molecule is C[C@@H]1CN(CCC2CCC(NS(=O)(=O)c3cccnc3)CC2)CCN1c1cccc(Cl)c1Cl. The van der Waals surface area contributed by atoms with Crippen LogP contribution in [0.4, 0.5) is 5.69 Å². The molecule has 33 heavy (non-hydrogen) atoms. The minimum atomic E-state index is -3.49. The Bertz CT molecular complexity index is 1030. The highest BCUT2D eigenvalue weighted by molar-refractivity contribution is 7.89. The van der Waals surface area contributed by atoms with Gasteiger partial charge in [0.05, 0.1) is 15.7 Å². The molecule has 6 nitrogen and oxygen atoms in total. The lowest BCUT2D eigenvalue weighted by atomic mass is 9.84. The summed E-state index contributed by atoms with van der Waals surface area (Å²) >= 11 is 12.7. The van der Waals surface area contributed by atoms with Gasteiger partial charge in [-0.25, -0.2) is 13.1 Å². The number of hydrogen-bond donors (Lipinski definition) is 1. The Hall–Kier alpha value is -1.38. The summed E-state index contributed by atoms with van der Waals surface area (Å²) in [5, 5.41) is 1.23. The van der Waals surface area contributed by atoms with Gasteiger partial charge in [0.25, 0.3) is 0 Å². The molecule has 1 saturated carbocycles. The second kappa shape index (κ2) is 10.9. The molecule has 0 radical (unpaired) electrons. The maximum atomic E-state index is 12.5. The van der Waals surface area contributed by atoms with Crippen molar-refractivity contribution in [2.45, 2.75) is 56.0 Å². The first kappa shape index (κ1) is 24.7. The van der Waals surface area contributed by atoms with Crippen molar-refractivity contribution in [3.63, 3.8) is 0 Å². The summed E-state index contributed by atoms with van der Waals surface area (Å²) in [6, 6.07) is 9.44. The Kier molecular flexibility index (Phi) is 8.18. The molecule has 9 heteroatoms. The highest BCUT2D eigenvalue weighted by atomic mass is 35.5. The average molecular weight is 512 g/mol. The number of sulfonamides is 1. The molecule has 4 rings (SSSR count). The molecule has 2 fully saturated rings. The molecule has 0 bridgehead atoms. The standard InChI is InChI=1S/C24H32Cl2N4O2S/c1-18-17-29(14-15-30(18)23-6-2-5-22(25)24(23)26)13-11-19-7-9-20(10-8-19)28-33(31,32)21-4-3-12-27-16-21/h2-6,12,16,18-20,28H,7-11,13-15,17H2,1H3/t18-,19?,20?/m1/s1. The zero-order valence-corrected chi connectivity index (χ0v) is 21.3. The first-order valence-corrected chi connectivity index (χ1v) is 13.9. The van der Waals surface area contributed by atoms with E-state index in [0.717, 1.165) is 64.0 Å². The molecular formula is C24H32Cl2N4O2S. The summed E-state index contributed by atoms with van der Waals surface area (Å²) in [5.41, 5.74) is 1.02. The van der Waals surface area contributed by atoms with Crippen LogP contribution in [0.15, 0.2) is 47.6 Å². The van der Waals surface area contributed by atoms with Crippen LogP contribution >= 0.6 is 23.2 Å². The highest BCUT2D eigenvalue weighted by Gasteiger charge is 2.28. The molecule has 1 aliphatic heterocycles. The fourth-order valence-electron chi connectivity index (χ4n) is 5.04. The van der Waals surface area contributed by atoms with Crippen LogP contribution in [-0.2, 0) is 10.0 Å². The van der Waals surface area contributed by atoms with Gasteiger partial charge in [0, 0.05) is 44.1 Å². The van der Waals surface area contributed by atoms with E-state index in [4.69, 9.17) is 23.2 Å². The van der Waals surface area contributed by atoms with Crippen molar-refractivity contribution in [3.05, 3.63) is 52.8 Å². The summed E-state index contributed by atoms with van der Waals surface area (Å²) in [7, 11) is -3.49. The Labute approximate surface area is 207 Å². The topological polar surface area (TPSA) is 65.5 Å². The molecule has 0 amide bonds. The number of anilines is 1. The first-order valence-electron chi connectivity index (χ1n) is 11.7. The summed E-state index contributed by atoms with van der Waals surface area (Å²) in [5.74, 6) is 0.653. The number of nitrogens with one attached hydrogen (secondary N) is 1. The van der Waals surface area contributed by atoms with Gasteiger partial charge >= 0.3 is 0 Å². The molecule has 2 aliphatic rings. The molecule has 1 aliphatic carbocycles. The quantitative estimate of drug-likeness (QED) is 0.577. The zero-order valence-electron chi connectivity index (χ0n) is 19.0. The molecule has 1 saturated heterocycles. The second-order valence-corrected chi connectivity index (χ2v) is 11.7. The van der Waals surface area contributed by atoms with Crippen LogP contribution in [0.25, 0.3) is 0 Å². The molecule has 180 valence electrons. The van der Waals surface area contributed by atoms with Gasteiger partial charge in [-0.3, -0.25) is 9.88 Å². The number of piperazine rings is 1. The first-order chi connectivity index (χ1) is 15.8. The molecule has 1 aromatic heterocycles. The van der Waals surface area contributed by atoms with Crippen molar-refractivity contribution in [2.75, 3.05) is 31.1 Å². The van der Waals surface area contributed by atoms with Gasteiger partial charge in [-0.2, -0.15) is 0 Å². The number of rotatable bonds is 7. The summed E-state index contributed by atoms with van der Waals surface area (Å²) in [6.07, 6.45) is 8.05. The van der Waals surface area contributed by atoms with Gasteiger partial charge in [0.2, 0.25) is 10.0 Å². The Morgan fingerprint density at radius 1 is 1.09 bits per heavy atom. The van der Waals surface area contributed by atoms with E-state index >= 15 is 0 Å². The Morgan fingerprint density at radius 3 is 2.58 bits per heavy atom. The minimum Gasteiger partial charge on any atom is -0.365 e. The fourth-order valence-corrected chi connectivity index (χ4v) is 6.71.